The normalized spacial score (nSPS) is 12.1. The highest BCUT2D eigenvalue weighted by atomic mass is 32.1. The van der Waals surface area contributed by atoms with Crippen molar-refractivity contribution in [2.24, 2.45) is 10.9 Å². The molecule has 0 saturated carbocycles. The smallest absolute Gasteiger partial charge is 0.180 e. The van der Waals surface area contributed by atoms with Crippen molar-refractivity contribution in [1.82, 2.24) is 0 Å². The molecule has 0 unspecified atom stereocenters. The fourth-order valence-electron chi connectivity index (χ4n) is 0.631. The topological polar surface area (TPSA) is 47.6 Å². The Labute approximate surface area is 75.8 Å². The molecule has 0 aliphatic heterocycles. The minimum absolute atomic E-state index is 0.0727. The van der Waals surface area contributed by atoms with Crippen LogP contribution >= 0.6 is 11.3 Å². The van der Waals surface area contributed by atoms with Crippen LogP contribution in [0.25, 0.3) is 0 Å². The molecule has 0 aliphatic carbocycles. The van der Waals surface area contributed by atoms with Gasteiger partial charge in [0.1, 0.15) is 6.10 Å². The molecule has 1 heterocycles. The minimum Gasteiger partial charge on any atom is -0.391 e. The van der Waals surface area contributed by atoms with Crippen LogP contribution in [0, 0.1) is 0 Å². The van der Waals surface area contributed by atoms with Gasteiger partial charge in [0.2, 0.25) is 0 Å². The van der Waals surface area contributed by atoms with Gasteiger partial charge in [0.05, 0.1) is 4.88 Å². The molecule has 0 spiro atoms. The Hall–Kier alpha value is -1.03. The van der Waals surface area contributed by atoms with E-state index in [1.165, 1.54) is 0 Å². The van der Waals surface area contributed by atoms with Crippen molar-refractivity contribution in [3.05, 3.63) is 22.4 Å². The summed E-state index contributed by atoms with van der Waals surface area (Å²) >= 11 is 1.55. The third-order valence-corrected chi connectivity index (χ3v) is 2.03. The molecule has 2 N–H and O–H groups in total. The molecule has 0 fully saturated rings. The van der Waals surface area contributed by atoms with E-state index in [2.05, 4.69) is 5.16 Å². The van der Waals surface area contributed by atoms with Crippen LogP contribution in [0.5, 0.6) is 0 Å². The number of hydrogen-bond acceptors (Lipinski definition) is 3. The summed E-state index contributed by atoms with van der Waals surface area (Å²) in [5, 5.41) is 5.72. The summed E-state index contributed by atoms with van der Waals surface area (Å²) in [6.45, 7) is 3.82. The first-order valence-electron chi connectivity index (χ1n) is 3.73. The van der Waals surface area contributed by atoms with Crippen molar-refractivity contribution in [2.75, 3.05) is 0 Å². The molecule has 1 aromatic heterocycles. The number of rotatable bonds is 3. The first kappa shape index (κ1) is 9.06. The zero-order chi connectivity index (χ0) is 8.97. The summed E-state index contributed by atoms with van der Waals surface area (Å²) in [6.07, 6.45) is 0.0727. The number of thiophene rings is 1. The summed E-state index contributed by atoms with van der Waals surface area (Å²) in [4.78, 5) is 5.94. The van der Waals surface area contributed by atoms with Crippen LogP contribution < -0.4 is 5.73 Å². The molecule has 4 heteroatoms. The maximum absolute atomic E-state index is 5.62. The maximum atomic E-state index is 5.62. The van der Waals surface area contributed by atoms with Gasteiger partial charge in [0.15, 0.2) is 5.84 Å². The number of nitrogens with two attached hydrogens (primary N) is 1. The van der Waals surface area contributed by atoms with Crippen LogP contribution in [0.4, 0.5) is 0 Å². The predicted molar refractivity (Wildman–Crippen MR) is 51.3 cm³/mol. The molecule has 3 nitrogen and oxygen atoms in total. The van der Waals surface area contributed by atoms with E-state index in [1.54, 1.807) is 11.3 Å². The van der Waals surface area contributed by atoms with Gasteiger partial charge in [-0.25, -0.2) is 0 Å². The molecule has 1 aromatic rings. The van der Waals surface area contributed by atoms with Crippen LogP contribution in [0.3, 0.4) is 0 Å². The molecule has 66 valence electrons. The second-order valence-corrected chi connectivity index (χ2v) is 3.56. The number of amidine groups is 1. The van der Waals surface area contributed by atoms with Gasteiger partial charge < -0.3 is 10.6 Å². The van der Waals surface area contributed by atoms with E-state index in [9.17, 15) is 0 Å². The van der Waals surface area contributed by atoms with E-state index in [4.69, 9.17) is 10.6 Å². The number of hydrogen-bond donors (Lipinski definition) is 1. The zero-order valence-corrected chi connectivity index (χ0v) is 7.97. The van der Waals surface area contributed by atoms with Gasteiger partial charge in [-0.3, -0.25) is 0 Å². The molecule has 0 bridgehead atoms. The summed E-state index contributed by atoms with van der Waals surface area (Å²) < 4.78 is 0. The van der Waals surface area contributed by atoms with Crippen molar-refractivity contribution < 1.29 is 4.84 Å². The van der Waals surface area contributed by atoms with Crippen molar-refractivity contribution in [3.8, 4) is 0 Å². The fraction of sp³-hybridized carbons (Fsp3) is 0.375. The van der Waals surface area contributed by atoms with Gasteiger partial charge in [-0.05, 0) is 25.3 Å². The highest BCUT2D eigenvalue weighted by Gasteiger charge is 1.99. The summed E-state index contributed by atoms with van der Waals surface area (Å²) in [5.74, 6) is 0.443. The molecule has 0 amide bonds. The molecule has 0 saturated heterocycles. The molecule has 0 atom stereocenters. The second kappa shape index (κ2) is 4.11. The Morgan fingerprint density at radius 2 is 2.42 bits per heavy atom. The van der Waals surface area contributed by atoms with E-state index in [0.717, 1.165) is 4.88 Å². The van der Waals surface area contributed by atoms with Crippen molar-refractivity contribution in [3.63, 3.8) is 0 Å². The number of nitrogens with zero attached hydrogens (tertiary/aromatic N) is 1. The molecule has 12 heavy (non-hydrogen) atoms. The van der Waals surface area contributed by atoms with Crippen LogP contribution in [0.15, 0.2) is 22.7 Å². The van der Waals surface area contributed by atoms with Crippen LogP contribution in [-0.4, -0.2) is 11.9 Å². The lowest BCUT2D eigenvalue weighted by atomic mass is 10.4. The molecular weight excluding hydrogens is 172 g/mol. The Balaban J connectivity index is 2.59. The highest BCUT2D eigenvalue weighted by molar-refractivity contribution is 7.12. The number of oxime groups is 1. The van der Waals surface area contributed by atoms with Crippen molar-refractivity contribution in [2.45, 2.75) is 20.0 Å². The Kier molecular flexibility index (Phi) is 3.10. The van der Waals surface area contributed by atoms with Gasteiger partial charge in [-0.1, -0.05) is 11.2 Å². The molecule has 0 radical (unpaired) electrons. The van der Waals surface area contributed by atoms with Crippen LogP contribution in [0.1, 0.15) is 18.7 Å². The largest absolute Gasteiger partial charge is 0.391 e. The third-order valence-electron chi connectivity index (χ3n) is 1.14. The van der Waals surface area contributed by atoms with Gasteiger partial charge in [-0.2, -0.15) is 0 Å². The highest BCUT2D eigenvalue weighted by Crippen LogP contribution is 2.07. The Morgan fingerprint density at radius 1 is 1.67 bits per heavy atom. The van der Waals surface area contributed by atoms with Gasteiger partial charge in [0.25, 0.3) is 0 Å². The predicted octanol–water partition coefficient (Wildman–Crippen LogP) is 1.79. The van der Waals surface area contributed by atoms with E-state index >= 15 is 0 Å². The van der Waals surface area contributed by atoms with Crippen molar-refractivity contribution >= 4 is 17.2 Å². The first-order valence-corrected chi connectivity index (χ1v) is 4.61. The quantitative estimate of drug-likeness (QED) is 0.442. The van der Waals surface area contributed by atoms with Crippen molar-refractivity contribution in [1.29, 1.82) is 0 Å². The molecule has 0 aromatic carbocycles. The Bertz CT molecular complexity index is 254. The SMILES string of the molecule is CC(C)O/N=C(\N)c1cccs1. The Morgan fingerprint density at radius 3 is 2.92 bits per heavy atom. The standard InChI is InChI=1S/C8H12N2OS/c1-6(2)11-10-8(9)7-4-3-5-12-7/h3-6H,1-2H3,(H2,9,10). The monoisotopic (exact) mass is 184 g/mol. The lowest BCUT2D eigenvalue weighted by molar-refractivity contribution is 0.0859. The third kappa shape index (κ3) is 2.54. The average Bonchev–Trinajstić information content (AvgIpc) is 2.51. The van der Waals surface area contributed by atoms with E-state index in [-0.39, 0.29) is 6.10 Å². The maximum Gasteiger partial charge on any atom is 0.180 e. The van der Waals surface area contributed by atoms with E-state index < -0.39 is 0 Å². The zero-order valence-electron chi connectivity index (χ0n) is 7.15. The lowest BCUT2D eigenvalue weighted by Crippen LogP contribution is -2.13. The first-order chi connectivity index (χ1) is 5.70. The van der Waals surface area contributed by atoms with Gasteiger partial charge in [0, 0.05) is 0 Å². The molecule has 1 rings (SSSR count). The van der Waals surface area contributed by atoms with E-state index in [0.29, 0.717) is 5.84 Å². The van der Waals surface area contributed by atoms with Crippen LogP contribution in [0.2, 0.25) is 0 Å². The lowest BCUT2D eigenvalue weighted by Gasteiger charge is -2.02. The molecule has 0 aliphatic rings. The minimum atomic E-state index is 0.0727. The summed E-state index contributed by atoms with van der Waals surface area (Å²) in [7, 11) is 0. The van der Waals surface area contributed by atoms with Gasteiger partial charge >= 0.3 is 0 Å². The van der Waals surface area contributed by atoms with Crippen LogP contribution in [-0.2, 0) is 4.84 Å². The average molecular weight is 184 g/mol. The molecular formula is C8H12N2OS. The second-order valence-electron chi connectivity index (χ2n) is 2.61. The fourth-order valence-corrected chi connectivity index (χ4v) is 1.25. The van der Waals surface area contributed by atoms with Gasteiger partial charge in [-0.15, -0.1) is 11.3 Å². The summed E-state index contributed by atoms with van der Waals surface area (Å²) in [6, 6.07) is 3.84. The van der Waals surface area contributed by atoms with E-state index in [1.807, 2.05) is 31.4 Å². The summed E-state index contributed by atoms with van der Waals surface area (Å²) in [5.41, 5.74) is 5.62.